The van der Waals surface area contributed by atoms with Crippen molar-refractivity contribution in [2.45, 2.75) is 18.6 Å². The minimum absolute atomic E-state index is 0. The van der Waals surface area contributed by atoms with Gasteiger partial charge in [0.05, 0.1) is 6.42 Å². The van der Waals surface area contributed by atoms with Crippen molar-refractivity contribution in [2.75, 3.05) is 26.2 Å². The molecule has 1 atom stereocenters. The summed E-state index contributed by atoms with van der Waals surface area (Å²) in [6.07, 6.45) is -5.27. The third kappa shape index (κ3) is 5.39. The maximum Gasteiger partial charge on any atom is 0.390 e. The second kappa shape index (κ2) is 7.76. The Bertz CT molecular complexity index is 464. The van der Waals surface area contributed by atoms with Crippen LogP contribution >= 0.6 is 28.3 Å². The molecule has 0 spiro atoms. The average Bonchev–Trinajstić information content (AvgIpc) is 2.39. The third-order valence-corrected chi connectivity index (χ3v) is 4.06. The van der Waals surface area contributed by atoms with Crippen molar-refractivity contribution in [3.05, 3.63) is 34.1 Å². The monoisotopic (exact) mass is 390 g/mol. The SMILES string of the molecule is Cl.Fc1ccc(Br)c([C@H](CC(F)(F)F)N2CCNCC2)c1. The second-order valence-corrected chi connectivity index (χ2v) is 5.64. The smallest absolute Gasteiger partial charge is 0.314 e. The topological polar surface area (TPSA) is 15.3 Å². The van der Waals surface area contributed by atoms with E-state index in [0.29, 0.717) is 36.2 Å². The van der Waals surface area contributed by atoms with E-state index in [2.05, 4.69) is 21.2 Å². The summed E-state index contributed by atoms with van der Waals surface area (Å²) in [7, 11) is 0. The number of alkyl halides is 3. The molecule has 0 radical (unpaired) electrons. The Morgan fingerprint density at radius 3 is 2.43 bits per heavy atom. The van der Waals surface area contributed by atoms with Crippen LogP contribution in [-0.4, -0.2) is 37.3 Å². The molecule has 1 heterocycles. The summed E-state index contributed by atoms with van der Waals surface area (Å²) in [4.78, 5) is 1.75. The Labute approximate surface area is 135 Å². The van der Waals surface area contributed by atoms with Gasteiger partial charge in [0.25, 0.3) is 0 Å². The summed E-state index contributed by atoms with van der Waals surface area (Å²) in [5.41, 5.74) is 0.351. The fourth-order valence-corrected chi connectivity index (χ4v) is 2.93. The maximum absolute atomic E-state index is 13.4. The van der Waals surface area contributed by atoms with Gasteiger partial charge < -0.3 is 5.32 Å². The molecule has 0 amide bonds. The highest BCUT2D eigenvalue weighted by Crippen LogP contribution is 2.37. The average molecular weight is 392 g/mol. The van der Waals surface area contributed by atoms with Crippen molar-refractivity contribution < 1.29 is 17.6 Å². The summed E-state index contributed by atoms with van der Waals surface area (Å²) in [6.45, 7) is 2.32. The first-order chi connectivity index (χ1) is 9.37. The number of hydrogen-bond acceptors (Lipinski definition) is 2. The van der Waals surface area contributed by atoms with Crippen LogP contribution in [0.4, 0.5) is 17.6 Å². The lowest BCUT2D eigenvalue weighted by molar-refractivity contribution is -0.148. The summed E-state index contributed by atoms with van der Waals surface area (Å²) < 4.78 is 52.4. The third-order valence-electron chi connectivity index (χ3n) is 3.33. The lowest BCUT2D eigenvalue weighted by Gasteiger charge is -2.36. The molecule has 0 aromatic heterocycles. The van der Waals surface area contributed by atoms with Crippen molar-refractivity contribution >= 4 is 28.3 Å². The highest BCUT2D eigenvalue weighted by molar-refractivity contribution is 9.10. The molecule has 2 nitrogen and oxygen atoms in total. The van der Waals surface area contributed by atoms with Crippen molar-refractivity contribution in [3.8, 4) is 0 Å². The van der Waals surface area contributed by atoms with E-state index in [1.54, 1.807) is 4.90 Å². The summed E-state index contributed by atoms with van der Waals surface area (Å²) >= 11 is 3.23. The minimum atomic E-state index is -4.29. The van der Waals surface area contributed by atoms with Gasteiger partial charge in [-0.1, -0.05) is 15.9 Å². The van der Waals surface area contributed by atoms with Crippen molar-refractivity contribution in [3.63, 3.8) is 0 Å². The standard InChI is InChI=1S/C13H15BrF4N2.ClH/c14-11-2-1-9(15)7-10(11)12(8-13(16,17)18)20-5-3-19-4-6-20;/h1-2,7,12,19H,3-6,8H2;1H/t12-;/m0./s1. The lowest BCUT2D eigenvalue weighted by atomic mass is 10.0. The van der Waals surface area contributed by atoms with Crippen LogP contribution in [-0.2, 0) is 0 Å². The summed E-state index contributed by atoms with van der Waals surface area (Å²) in [5, 5.41) is 3.10. The molecule has 0 aliphatic carbocycles. The number of hydrogen-bond donors (Lipinski definition) is 1. The molecule has 2 rings (SSSR count). The molecule has 1 fully saturated rings. The molecular formula is C13H16BrClF4N2. The first-order valence-corrected chi connectivity index (χ1v) is 7.12. The van der Waals surface area contributed by atoms with Crippen LogP contribution in [0.1, 0.15) is 18.0 Å². The zero-order chi connectivity index (χ0) is 14.8. The molecule has 0 saturated carbocycles. The van der Waals surface area contributed by atoms with E-state index in [9.17, 15) is 17.6 Å². The molecule has 1 aliphatic rings. The lowest BCUT2D eigenvalue weighted by Crippen LogP contribution is -2.46. The van der Waals surface area contributed by atoms with E-state index >= 15 is 0 Å². The summed E-state index contributed by atoms with van der Waals surface area (Å²) in [6, 6.07) is 3.01. The molecule has 120 valence electrons. The van der Waals surface area contributed by atoms with Gasteiger partial charge in [-0.2, -0.15) is 13.2 Å². The van der Waals surface area contributed by atoms with E-state index in [4.69, 9.17) is 0 Å². The van der Waals surface area contributed by atoms with E-state index in [0.717, 1.165) is 0 Å². The van der Waals surface area contributed by atoms with Crippen LogP contribution in [0.2, 0.25) is 0 Å². The van der Waals surface area contributed by atoms with Gasteiger partial charge in [-0.15, -0.1) is 12.4 Å². The van der Waals surface area contributed by atoms with Gasteiger partial charge in [0, 0.05) is 36.7 Å². The number of nitrogens with one attached hydrogen (secondary N) is 1. The maximum atomic E-state index is 13.4. The fraction of sp³-hybridized carbons (Fsp3) is 0.538. The molecular weight excluding hydrogens is 376 g/mol. The molecule has 1 saturated heterocycles. The van der Waals surface area contributed by atoms with Gasteiger partial charge in [-0.25, -0.2) is 4.39 Å². The van der Waals surface area contributed by atoms with Gasteiger partial charge in [0.15, 0.2) is 0 Å². The van der Waals surface area contributed by atoms with Gasteiger partial charge in [-0.05, 0) is 23.8 Å². The Balaban J connectivity index is 0.00000220. The Morgan fingerprint density at radius 2 is 1.86 bits per heavy atom. The number of benzene rings is 1. The highest BCUT2D eigenvalue weighted by atomic mass is 79.9. The molecule has 1 N–H and O–H groups in total. The Morgan fingerprint density at radius 1 is 1.24 bits per heavy atom. The molecule has 21 heavy (non-hydrogen) atoms. The van der Waals surface area contributed by atoms with Crippen molar-refractivity contribution in [1.82, 2.24) is 10.2 Å². The molecule has 1 aliphatic heterocycles. The fourth-order valence-electron chi connectivity index (χ4n) is 2.42. The Kier molecular flexibility index (Phi) is 6.90. The van der Waals surface area contributed by atoms with E-state index < -0.39 is 24.5 Å². The van der Waals surface area contributed by atoms with Crippen LogP contribution in [0.3, 0.4) is 0 Å². The van der Waals surface area contributed by atoms with Crippen molar-refractivity contribution in [2.24, 2.45) is 0 Å². The largest absolute Gasteiger partial charge is 0.390 e. The minimum Gasteiger partial charge on any atom is -0.314 e. The normalized spacial score (nSPS) is 18.1. The van der Waals surface area contributed by atoms with Gasteiger partial charge in [-0.3, -0.25) is 4.90 Å². The molecule has 0 bridgehead atoms. The zero-order valence-electron chi connectivity index (χ0n) is 11.1. The first-order valence-electron chi connectivity index (χ1n) is 6.33. The van der Waals surface area contributed by atoms with Crippen LogP contribution in [0.5, 0.6) is 0 Å². The summed E-state index contributed by atoms with van der Waals surface area (Å²) in [5.74, 6) is -0.523. The second-order valence-electron chi connectivity index (χ2n) is 4.79. The van der Waals surface area contributed by atoms with Crippen molar-refractivity contribution in [1.29, 1.82) is 0 Å². The molecule has 1 aromatic carbocycles. The number of piperazine rings is 1. The predicted octanol–water partition coefficient (Wildman–Crippen LogP) is 3.91. The number of nitrogens with zero attached hydrogens (tertiary/aromatic N) is 1. The number of halogens is 6. The van der Waals surface area contributed by atoms with E-state index in [1.807, 2.05) is 0 Å². The molecule has 1 aromatic rings. The van der Waals surface area contributed by atoms with Crippen LogP contribution in [0.25, 0.3) is 0 Å². The van der Waals surface area contributed by atoms with Gasteiger partial charge >= 0.3 is 6.18 Å². The van der Waals surface area contributed by atoms with Crippen LogP contribution in [0, 0.1) is 5.82 Å². The zero-order valence-corrected chi connectivity index (χ0v) is 13.5. The molecule has 8 heteroatoms. The van der Waals surface area contributed by atoms with E-state index in [1.165, 1.54) is 18.2 Å². The van der Waals surface area contributed by atoms with Crippen LogP contribution in [0.15, 0.2) is 22.7 Å². The van der Waals surface area contributed by atoms with E-state index in [-0.39, 0.29) is 12.4 Å². The first kappa shape index (κ1) is 18.7. The quantitative estimate of drug-likeness (QED) is 0.786. The van der Waals surface area contributed by atoms with Gasteiger partial charge in [0.2, 0.25) is 0 Å². The Hall–Kier alpha value is -0.370. The predicted molar refractivity (Wildman–Crippen MR) is 79.2 cm³/mol. The highest BCUT2D eigenvalue weighted by Gasteiger charge is 2.36. The molecule has 0 unspecified atom stereocenters. The number of rotatable bonds is 3. The van der Waals surface area contributed by atoms with Crippen LogP contribution < -0.4 is 5.32 Å². The van der Waals surface area contributed by atoms with Gasteiger partial charge in [0.1, 0.15) is 5.82 Å².